The van der Waals surface area contributed by atoms with E-state index in [1.807, 2.05) is 6.92 Å². The van der Waals surface area contributed by atoms with Crippen LogP contribution in [0.15, 0.2) is 30.5 Å². The quantitative estimate of drug-likeness (QED) is 0.710. The Balaban J connectivity index is 2.25. The lowest BCUT2D eigenvalue weighted by Crippen LogP contribution is -2.13. The summed E-state index contributed by atoms with van der Waals surface area (Å²) in [6, 6.07) is 6.49. The number of hydrogen-bond donors (Lipinski definition) is 3. The van der Waals surface area contributed by atoms with Crippen molar-refractivity contribution in [2.45, 2.75) is 6.92 Å². The first-order chi connectivity index (χ1) is 8.97. The van der Waals surface area contributed by atoms with Gasteiger partial charge in [0, 0.05) is 3.57 Å². The van der Waals surface area contributed by atoms with Crippen LogP contribution in [0.3, 0.4) is 0 Å². The van der Waals surface area contributed by atoms with Crippen LogP contribution >= 0.6 is 22.6 Å². The summed E-state index contributed by atoms with van der Waals surface area (Å²) in [5, 5.41) is 12.3. The van der Waals surface area contributed by atoms with Crippen molar-refractivity contribution in [3.8, 4) is 5.75 Å². The van der Waals surface area contributed by atoms with Gasteiger partial charge in [0.05, 0.1) is 17.4 Å². The van der Waals surface area contributed by atoms with Gasteiger partial charge < -0.3 is 16.2 Å². The third-order valence-electron chi connectivity index (χ3n) is 2.60. The van der Waals surface area contributed by atoms with Gasteiger partial charge in [-0.3, -0.25) is 4.79 Å². The molecule has 0 radical (unpaired) electrons. The van der Waals surface area contributed by atoms with Crippen LogP contribution in [0.1, 0.15) is 15.9 Å². The highest BCUT2D eigenvalue weighted by molar-refractivity contribution is 14.1. The van der Waals surface area contributed by atoms with Crippen molar-refractivity contribution in [2.75, 3.05) is 11.1 Å². The number of amides is 1. The maximum atomic E-state index is 12.0. The summed E-state index contributed by atoms with van der Waals surface area (Å²) in [5.41, 5.74) is 7.27. The number of phenolic OH excluding ortho intramolecular Hbond substituents is 1. The molecule has 1 heterocycles. The molecular formula is C13H12IN3O2. The standard InChI is InChI=1S/C13H12IN3O2/c1-7-4-12(16-6-10(7)15)17-13(19)9-5-8(14)2-3-11(9)18/h2-6,18H,15H2,1H3,(H,16,17,19). The highest BCUT2D eigenvalue weighted by Gasteiger charge is 2.12. The molecule has 1 aromatic carbocycles. The van der Waals surface area contributed by atoms with E-state index in [4.69, 9.17) is 5.73 Å². The van der Waals surface area contributed by atoms with Gasteiger partial charge in [-0.05, 0) is 59.3 Å². The van der Waals surface area contributed by atoms with Gasteiger partial charge in [0.2, 0.25) is 0 Å². The minimum atomic E-state index is -0.410. The van der Waals surface area contributed by atoms with Crippen molar-refractivity contribution in [2.24, 2.45) is 0 Å². The normalized spacial score (nSPS) is 10.2. The molecule has 0 atom stereocenters. The number of pyridine rings is 1. The summed E-state index contributed by atoms with van der Waals surface area (Å²) in [5.74, 6) is -0.0762. The van der Waals surface area contributed by atoms with E-state index in [0.717, 1.165) is 9.13 Å². The second kappa shape index (κ2) is 5.43. The molecule has 0 bridgehead atoms. The third kappa shape index (κ3) is 3.14. The molecule has 0 aliphatic heterocycles. The number of carbonyl (C=O) groups excluding carboxylic acids is 1. The fraction of sp³-hybridized carbons (Fsp3) is 0.0769. The summed E-state index contributed by atoms with van der Waals surface area (Å²) >= 11 is 2.07. The van der Waals surface area contributed by atoms with Crippen LogP contribution in [0.2, 0.25) is 0 Å². The first-order valence-electron chi connectivity index (χ1n) is 5.49. The van der Waals surface area contributed by atoms with E-state index in [0.29, 0.717) is 11.5 Å². The molecule has 0 aliphatic rings. The van der Waals surface area contributed by atoms with Gasteiger partial charge in [-0.1, -0.05) is 0 Å². The van der Waals surface area contributed by atoms with E-state index in [1.54, 1.807) is 18.2 Å². The highest BCUT2D eigenvalue weighted by Crippen LogP contribution is 2.21. The molecule has 2 rings (SSSR count). The number of nitrogens with one attached hydrogen (secondary N) is 1. The lowest BCUT2D eigenvalue weighted by molar-refractivity contribution is 0.102. The fourth-order valence-electron chi connectivity index (χ4n) is 1.51. The predicted octanol–water partition coefficient (Wildman–Crippen LogP) is 2.53. The van der Waals surface area contributed by atoms with Crippen LogP contribution in [-0.4, -0.2) is 16.0 Å². The lowest BCUT2D eigenvalue weighted by Gasteiger charge is -2.08. The number of anilines is 2. The van der Waals surface area contributed by atoms with Gasteiger partial charge in [0.1, 0.15) is 11.6 Å². The van der Waals surface area contributed by atoms with Crippen LogP contribution < -0.4 is 11.1 Å². The number of nitrogens with zero attached hydrogens (tertiary/aromatic N) is 1. The monoisotopic (exact) mass is 369 g/mol. The van der Waals surface area contributed by atoms with Crippen molar-refractivity contribution < 1.29 is 9.90 Å². The van der Waals surface area contributed by atoms with Crippen LogP contribution in [-0.2, 0) is 0 Å². The summed E-state index contributed by atoms with van der Waals surface area (Å²) in [6.07, 6.45) is 1.49. The molecule has 0 saturated heterocycles. The number of halogens is 1. The number of benzene rings is 1. The molecule has 1 amide bonds. The zero-order valence-corrected chi connectivity index (χ0v) is 12.3. The third-order valence-corrected chi connectivity index (χ3v) is 3.27. The molecule has 0 saturated carbocycles. The number of rotatable bonds is 2. The summed E-state index contributed by atoms with van der Waals surface area (Å²) in [6.45, 7) is 1.83. The summed E-state index contributed by atoms with van der Waals surface area (Å²) in [4.78, 5) is 16.1. The van der Waals surface area contributed by atoms with Gasteiger partial charge in [0.15, 0.2) is 0 Å². The lowest BCUT2D eigenvalue weighted by atomic mass is 10.2. The molecule has 0 fully saturated rings. The van der Waals surface area contributed by atoms with Gasteiger partial charge in [-0.25, -0.2) is 4.98 Å². The Hall–Kier alpha value is -1.83. The Labute approximate surface area is 124 Å². The Bertz CT molecular complexity index is 644. The largest absolute Gasteiger partial charge is 0.507 e. The number of nitrogen functional groups attached to an aromatic ring is 1. The molecule has 1 aromatic heterocycles. The summed E-state index contributed by atoms with van der Waals surface area (Å²) < 4.78 is 0.863. The Morgan fingerprint density at radius 2 is 2.16 bits per heavy atom. The van der Waals surface area contributed by atoms with Crippen LogP contribution in [0.25, 0.3) is 0 Å². The molecule has 19 heavy (non-hydrogen) atoms. The highest BCUT2D eigenvalue weighted by atomic mass is 127. The van der Waals surface area contributed by atoms with Gasteiger partial charge in [-0.15, -0.1) is 0 Å². The molecule has 4 N–H and O–H groups in total. The van der Waals surface area contributed by atoms with E-state index in [2.05, 4.69) is 32.9 Å². The van der Waals surface area contributed by atoms with Gasteiger partial charge in [0.25, 0.3) is 5.91 Å². The number of nitrogens with two attached hydrogens (primary N) is 1. The second-order valence-electron chi connectivity index (χ2n) is 4.04. The minimum Gasteiger partial charge on any atom is -0.507 e. The minimum absolute atomic E-state index is 0.0647. The number of aromatic hydroxyl groups is 1. The molecule has 5 nitrogen and oxygen atoms in total. The van der Waals surface area contributed by atoms with Gasteiger partial charge >= 0.3 is 0 Å². The maximum Gasteiger partial charge on any atom is 0.260 e. The van der Waals surface area contributed by atoms with Crippen molar-refractivity contribution in [3.05, 3.63) is 45.2 Å². The number of hydrogen-bond acceptors (Lipinski definition) is 4. The van der Waals surface area contributed by atoms with Crippen LogP contribution in [0.4, 0.5) is 11.5 Å². The molecule has 0 aliphatic carbocycles. The first kappa shape index (κ1) is 13.6. The van der Waals surface area contributed by atoms with Gasteiger partial charge in [-0.2, -0.15) is 0 Å². The SMILES string of the molecule is Cc1cc(NC(=O)c2cc(I)ccc2O)ncc1N. The molecule has 6 heteroatoms. The van der Waals surface area contributed by atoms with Crippen LogP contribution in [0.5, 0.6) is 5.75 Å². The number of aromatic nitrogens is 1. The van der Waals surface area contributed by atoms with E-state index in [-0.39, 0.29) is 11.3 Å². The van der Waals surface area contributed by atoms with E-state index in [1.165, 1.54) is 12.3 Å². The number of phenols is 1. The Kier molecular flexibility index (Phi) is 3.89. The van der Waals surface area contributed by atoms with Crippen molar-refractivity contribution in [1.82, 2.24) is 4.98 Å². The first-order valence-corrected chi connectivity index (χ1v) is 6.57. The molecular weight excluding hydrogens is 357 g/mol. The summed E-state index contributed by atoms with van der Waals surface area (Å²) in [7, 11) is 0. The average Bonchev–Trinajstić information content (AvgIpc) is 2.36. The molecule has 98 valence electrons. The van der Waals surface area contributed by atoms with E-state index < -0.39 is 5.91 Å². The average molecular weight is 369 g/mol. The van der Waals surface area contributed by atoms with E-state index >= 15 is 0 Å². The number of aryl methyl sites for hydroxylation is 1. The molecule has 0 spiro atoms. The Morgan fingerprint density at radius 1 is 1.42 bits per heavy atom. The van der Waals surface area contributed by atoms with Crippen molar-refractivity contribution >= 4 is 40.0 Å². The Morgan fingerprint density at radius 3 is 2.84 bits per heavy atom. The van der Waals surface area contributed by atoms with E-state index in [9.17, 15) is 9.90 Å². The topological polar surface area (TPSA) is 88.2 Å². The number of carbonyl (C=O) groups is 1. The smallest absolute Gasteiger partial charge is 0.260 e. The fourth-order valence-corrected chi connectivity index (χ4v) is 2.00. The van der Waals surface area contributed by atoms with Crippen molar-refractivity contribution in [1.29, 1.82) is 0 Å². The van der Waals surface area contributed by atoms with Crippen molar-refractivity contribution in [3.63, 3.8) is 0 Å². The molecule has 2 aromatic rings. The molecule has 0 unspecified atom stereocenters. The predicted molar refractivity (Wildman–Crippen MR) is 82.2 cm³/mol. The van der Waals surface area contributed by atoms with Crippen LogP contribution in [0, 0.1) is 10.5 Å². The zero-order valence-electron chi connectivity index (χ0n) is 10.1. The zero-order chi connectivity index (χ0) is 14.0. The maximum absolute atomic E-state index is 12.0. The second-order valence-corrected chi connectivity index (χ2v) is 5.29.